The molecule has 1 saturated heterocycles. The van der Waals surface area contributed by atoms with Crippen LogP contribution in [0.4, 0.5) is 4.39 Å². The number of nitrogens with zero attached hydrogens (tertiary/aromatic N) is 2. The van der Waals surface area contributed by atoms with E-state index in [2.05, 4.69) is 10.3 Å². The van der Waals surface area contributed by atoms with E-state index in [1.807, 2.05) is 0 Å². The average molecular weight is 331 g/mol. The highest BCUT2D eigenvalue weighted by Crippen LogP contribution is 2.25. The molecule has 0 unspecified atom stereocenters. The fourth-order valence-corrected chi connectivity index (χ4v) is 2.92. The number of aromatic nitrogens is 1. The Hall–Kier alpha value is -2.70. The first-order valence-electron chi connectivity index (χ1n) is 7.80. The summed E-state index contributed by atoms with van der Waals surface area (Å²) in [5.41, 5.74) is 0.790. The standard InChI is InChI=1S/C17H18FN3O3/c1-11(22)20-14-3-2-8-21(9-14)17(23)15-16(24-10-19-15)12-4-6-13(18)7-5-12/h4-7,10,14H,2-3,8-9H2,1H3,(H,20,22)/t14-/m0/s1. The molecule has 0 saturated carbocycles. The van der Waals surface area contributed by atoms with Gasteiger partial charge in [-0.05, 0) is 37.1 Å². The van der Waals surface area contributed by atoms with E-state index in [0.29, 0.717) is 24.4 Å². The summed E-state index contributed by atoms with van der Waals surface area (Å²) >= 11 is 0. The Morgan fingerprint density at radius 1 is 1.33 bits per heavy atom. The predicted molar refractivity (Wildman–Crippen MR) is 84.6 cm³/mol. The molecule has 2 aromatic rings. The number of amides is 2. The number of oxazole rings is 1. The lowest BCUT2D eigenvalue weighted by Crippen LogP contribution is -2.49. The zero-order chi connectivity index (χ0) is 17.1. The van der Waals surface area contributed by atoms with Crippen LogP contribution in [0.15, 0.2) is 35.1 Å². The van der Waals surface area contributed by atoms with E-state index in [0.717, 1.165) is 12.8 Å². The fourth-order valence-electron chi connectivity index (χ4n) is 2.92. The molecule has 126 valence electrons. The zero-order valence-corrected chi connectivity index (χ0v) is 13.3. The van der Waals surface area contributed by atoms with E-state index < -0.39 is 0 Å². The van der Waals surface area contributed by atoms with E-state index in [-0.39, 0.29) is 29.4 Å². The number of hydrogen-bond acceptors (Lipinski definition) is 4. The summed E-state index contributed by atoms with van der Waals surface area (Å²) in [4.78, 5) is 29.7. The van der Waals surface area contributed by atoms with Crippen molar-refractivity contribution in [3.05, 3.63) is 42.2 Å². The second-order valence-electron chi connectivity index (χ2n) is 5.83. The van der Waals surface area contributed by atoms with Gasteiger partial charge in [-0.1, -0.05) is 0 Å². The van der Waals surface area contributed by atoms with Crippen LogP contribution in [0, 0.1) is 5.82 Å². The molecule has 2 heterocycles. The molecule has 6 nitrogen and oxygen atoms in total. The summed E-state index contributed by atoms with van der Waals surface area (Å²) in [6.45, 7) is 2.50. The quantitative estimate of drug-likeness (QED) is 0.936. The molecule has 0 aliphatic carbocycles. The minimum absolute atomic E-state index is 0.0543. The second-order valence-corrected chi connectivity index (χ2v) is 5.83. The van der Waals surface area contributed by atoms with Crippen molar-refractivity contribution in [1.82, 2.24) is 15.2 Å². The third kappa shape index (κ3) is 3.45. The minimum atomic E-state index is -0.361. The molecule has 1 N–H and O–H groups in total. The van der Waals surface area contributed by atoms with Crippen LogP contribution in [-0.2, 0) is 4.79 Å². The number of piperidine rings is 1. The van der Waals surface area contributed by atoms with Gasteiger partial charge in [-0.25, -0.2) is 9.37 Å². The van der Waals surface area contributed by atoms with E-state index >= 15 is 0 Å². The Morgan fingerprint density at radius 3 is 2.79 bits per heavy atom. The maximum absolute atomic E-state index is 13.1. The highest BCUT2D eigenvalue weighted by Gasteiger charge is 2.28. The fraction of sp³-hybridized carbons (Fsp3) is 0.353. The van der Waals surface area contributed by atoms with Crippen LogP contribution in [0.2, 0.25) is 0 Å². The third-order valence-corrected chi connectivity index (χ3v) is 3.99. The lowest BCUT2D eigenvalue weighted by molar-refractivity contribution is -0.120. The first-order valence-corrected chi connectivity index (χ1v) is 7.80. The highest BCUT2D eigenvalue weighted by molar-refractivity contribution is 5.97. The van der Waals surface area contributed by atoms with Gasteiger partial charge in [-0.2, -0.15) is 0 Å². The topological polar surface area (TPSA) is 75.4 Å². The first-order chi connectivity index (χ1) is 11.5. The van der Waals surface area contributed by atoms with Crippen molar-refractivity contribution in [3.8, 4) is 11.3 Å². The molecule has 2 amide bonds. The van der Waals surface area contributed by atoms with Crippen LogP contribution in [0.3, 0.4) is 0 Å². The number of nitrogens with one attached hydrogen (secondary N) is 1. The molecular formula is C17H18FN3O3. The summed E-state index contributed by atoms with van der Waals surface area (Å²) in [7, 11) is 0. The molecule has 0 bridgehead atoms. The summed E-state index contributed by atoms with van der Waals surface area (Å²) in [6.07, 6.45) is 2.86. The normalized spacial score (nSPS) is 17.6. The monoisotopic (exact) mass is 331 g/mol. The largest absolute Gasteiger partial charge is 0.443 e. The summed E-state index contributed by atoms with van der Waals surface area (Å²) in [5.74, 6) is -0.400. The van der Waals surface area contributed by atoms with Crippen LogP contribution in [0.5, 0.6) is 0 Å². The Balaban J connectivity index is 1.79. The molecule has 0 spiro atoms. The number of benzene rings is 1. The van der Waals surface area contributed by atoms with Crippen molar-refractivity contribution in [3.63, 3.8) is 0 Å². The summed E-state index contributed by atoms with van der Waals surface area (Å²) in [6, 6.07) is 5.65. The van der Waals surface area contributed by atoms with Crippen molar-refractivity contribution in [2.24, 2.45) is 0 Å². The van der Waals surface area contributed by atoms with Gasteiger partial charge in [0.05, 0.1) is 0 Å². The predicted octanol–water partition coefficient (Wildman–Crippen LogP) is 2.22. The summed E-state index contributed by atoms with van der Waals surface area (Å²) < 4.78 is 18.4. The minimum Gasteiger partial charge on any atom is -0.443 e. The lowest BCUT2D eigenvalue weighted by atomic mass is 10.0. The second kappa shape index (κ2) is 6.82. The van der Waals surface area contributed by atoms with E-state index in [1.54, 1.807) is 17.0 Å². The maximum atomic E-state index is 13.1. The van der Waals surface area contributed by atoms with Gasteiger partial charge in [0.2, 0.25) is 5.91 Å². The molecule has 24 heavy (non-hydrogen) atoms. The number of carbonyl (C=O) groups is 2. The number of carbonyl (C=O) groups excluding carboxylic acids is 2. The molecule has 1 atom stereocenters. The van der Waals surface area contributed by atoms with Crippen LogP contribution in [0.25, 0.3) is 11.3 Å². The Kier molecular flexibility index (Phi) is 4.59. The molecule has 1 fully saturated rings. The Labute approximate surface area is 138 Å². The lowest BCUT2D eigenvalue weighted by Gasteiger charge is -2.32. The van der Waals surface area contributed by atoms with Crippen molar-refractivity contribution in [1.29, 1.82) is 0 Å². The van der Waals surface area contributed by atoms with E-state index in [9.17, 15) is 14.0 Å². The number of hydrogen-bond donors (Lipinski definition) is 1. The van der Waals surface area contributed by atoms with Gasteiger partial charge in [0.1, 0.15) is 5.82 Å². The highest BCUT2D eigenvalue weighted by atomic mass is 19.1. The number of halogens is 1. The van der Waals surface area contributed by atoms with E-state index in [1.165, 1.54) is 25.5 Å². The molecule has 3 rings (SSSR count). The third-order valence-electron chi connectivity index (χ3n) is 3.99. The Morgan fingerprint density at radius 2 is 2.08 bits per heavy atom. The molecule has 0 radical (unpaired) electrons. The van der Waals surface area contributed by atoms with Crippen molar-refractivity contribution < 1.29 is 18.4 Å². The van der Waals surface area contributed by atoms with Gasteiger partial charge in [0.15, 0.2) is 17.8 Å². The molecule has 7 heteroatoms. The van der Waals surface area contributed by atoms with Gasteiger partial charge in [-0.15, -0.1) is 0 Å². The number of rotatable bonds is 3. The number of likely N-dealkylation sites (tertiary alicyclic amines) is 1. The maximum Gasteiger partial charge on any atom is 0.276 e. The Bertz CT molecular complexity index is 742. The SMILES string of the molecule is CC(=O)N[C@H]1CCCN(C(=O)c2ncoc2-c2ccc(F)cc2)C1. The van der Waals surface area contributed by atoms with E-state index in [4.69, 9.17) is 4.42 Å². The van der Waals surface area contributed by atoms with Gasteiger partial charge >= 0.3 is 0 Å². The van der Waals surface area contributed by atoms with Crippen molar-refractivity contribution in [2.45, 2.75) is 25.8 Å². The molecular weight excluding hydrogens is 313 g/mol. The molecule has 1 aromatic heterocycles. The average Bonchev–Trinajstić information content (AvgIpc) is 3.04. The van der Waals surface area contributed by atoms with Crippen LogP contribution in [0.1, 0.15) is 30.3 Å². The van der Waals surface area contributed by atoms with Gasteiger partial charge < -0.3 is 14.6 Å². The van der Waals surface area contributed by atoms with Crippen LogP contribution >= 0.6 is 0 Å². The van der Waals surface area contributed by atoms with Gasteiger partial charge in [-0.3, -0.25) is 9.59 Å². The smallest absolute Gasteiger partial charge is 0.276 e. The molecule has 1 aliphatic heterocycles. The first kappa shape index (κ1) is 16.2. The van der Waals surface area contributed by atoms with Gasteiger partial charge in [0, 0.05) is 31.6 Å². The molecule has 1 aliphatic rings. The summed E-state index contributed by atoms with van der Waals surface area (Å²) in [5, 5.41) is 2.85. The van der Waals surface area contributed by atoms with Crippen LogP contribution < -0.4 is 5.32 Å². The van der Waals surface area contributed by atoms with Crippen molar-refractivity contribution in [2.75, 3.05) is 13.1 Å². The van der Waals surface area contributed by atoms with Gasteiger partial charge in [0.25, 0.3) is 5.91 Å². The zero-order valence-electron chi connectivity index (χ0n) is 13.3. The molecule has 1 aromatic carbocycles. The van der Waals surface area contributed by atoms with Crippen LogP contribution in [-0.4, -0.2) is 40.8 Å². The van der Waals surface area contributed by atoms with Crippen molar-refractivity contribution >= 4 is 11.8 Å².